The van der Waals surface area contributed by atoms with Crippen molar-refractivity contribution in [3.63, 3.8) is 0 Å². The molecule has 1 atom stereocenters. The van der Waals surface area contributed by atoms with E-state index >= 15 is 0 Å². The van der Waals surface area contributed by atoms with Crippen molar-refractivity contribution in [2.45, 2.75) is 25.8 Å². The zero-order chi connectivity index (χ0) is 11.7. The molecule has 1 aromatic carbocycles. The summed E-state index contributed by atoms with van der Waals surface area (Å²) < 4.78 is 0. The molecule has 2 nitrogen and oxygen atoms in total. The van der Waals surface area contributed by atoms with Gasteiger partial charge < -0.3 is 0 Å². The zero-order valence-corrected chi connectivity index (χ0v) is 10.5. The second-order valence-corrected chi connectivity index (χ2v) is 5.26. The molecule has 17 heavy (non-hydrogen) atoms. The molecule has 2 heteroatoms. The van der Waals surface area contributed by atoms with Gasteiger partial charge in [0.05, 0.1) is 6.04 Å². The Hall–Kier alpha value is -1.15. The van der Waals surface area contributed by atoms with Gasteiger partial charge in [-0.05, 0) is 38.4 Å². The Morgan fingerprint density at radius 3 is 2.47 bits per heavy atom. The first-order chi connectivity index (χ1) is 8.33. The van der Waals surface area contributed by atoms with Gasteiger partial charge >= 0.3 is 0 Å². The standard InChI is InChI=1S/C15H20N2/c1-12(13-5-3-2-4-6-13)16-15-11-17-9-7-14(15)8-10-17/h2-6,12,14H,7-11H2,1H3/b16-15-/t12-/m0/s1. The van der Waals surface area contributed by atoms with Crippen molar-refractivity contribution in [1.29, 1.82) is 0 Å². The van der Waals surface area contributed by atoms with Crippen molar-refractivity contribution in [1.82, 2.24) is 4.90 Å². The summed E-state index contributed by atoms with van der Waals surface area (Å²) in [5, 5.41) is 0. The summed E-state index contributed by atoms with van der Waals surface area (Å²) in [6, 6.07) is 10.9. The van der Waals surface area contributed by atoms with Crippen molar-refractivity contribution >= 4 is 5.71 Å². The normalized spacial score (nSPS) is 31.7. The van der Waals surface area contributed by atoms with Crippen LogP contribution in [0, 0.1) is 5.92 Å². The van der Waals surface area contributed by atoms with E-state index in [1.807, 2.05) is 0 Å². The molecule has 3 aliphatic heterocycles. The van der Waals surface area contributed by atoms with Gasteiger partial charge in [0.1, 0.15) is 0 Å². The topological polar surface area (TPSA) is 15.6 Å². The first-order valence-electron chi connectivity index (χ1n) is 6.67. The molecule has 3 fully saturated rings. The number of hydrogen-bond acceptors (Lipinski definition) is 2. The molecular formula is C15H20N2. The molecule has 0 saturated carbocycles. The van der Waals surface area contributed by atoms with Crippen molar-refractivity contribution in [2.24, 2.45) is 10.9 Å². The number of fused-ring (bicyclic) bond motifs is 3. The Morgan fingerprint density at radius 1 is 1.18 bits per heavy atom. The first kappa shape index (κ1) is 11.0. The predicted molar refractivity (Wildman–Crippen MR) is 71.5 cm³/mol. The average molecular weight is 228 g/mol. The van der Waals surface area contributed by atoms with E-state index in [-0.39, 0.29) is 0 Å². The summed E-state index contributed by atoms with van der Waals surface area (Å²) in [5.74, 6) is 0.770. The molecular weight excluding hydrogens is 208 g/mol. The van der Waals surface area contributed by atoms with Crippen molar-refractivity contribution < 1.29 is 0 Å². The van der Waals surface area contributed by atoms with E-state index in [0.717, 1.165) is 12.5 Å². The molecule has 1 aromatic rings. The van der Waals surface area contributed by atoms with E-state index in [1.165, 1.54) is 37.2 Å². The van der Waals surface area contributed by atoms with Crippen LogP contribution in [0.1, 0.15) is 31.4 Å². The highest BCUT2D eigenvalue weighted by Gasteiger charge is 2.30. The van der Waals surface area contributed by atoms with Crippen LogP contribution in [0.4, 0.5) is 0 Å². The minimum atomic E-state index is 0.312. The second-order valence-electron chi connectivity index (χ2n) is 5.26. The summed E-state index contributed by atoms with van der Waals surface area (Å²) in [6.07, 6.45) is 2.64. The van der Waals surface area contributed by atoms with Crippen molar-refractivity contribution in [3.8, 4) is 0 Å². The summed E-state index contributed by atoms with van der Waals surface area (Å²) in [4.78, 5) is 7.50. The molecule has 3 saturated heterocycles. The SMILES string of the molecule is C[C@H](/N=C1/CN2CCC1CC2)c1ccccc1. The summed E-state index contributed by atoms with van der Waals surface area (Å²) in [5.41, 5.74) is 2.77. The van der Waals surface area contributed by atoms with Crippen LogP contribution in [-0.2, 0) is 0 Å². The van der Waals surface area contributed by atoms with Gasteiger partial charge in [0.15, 0.2) is 0 Å². The van der Waals surface area contributed by atoms with Crippen LogP contribution in [-0.4, -0.2) is 30.2 Å². The van der Waals surface area contributed by atoms with Crippen LogP contribution in [0.2, 0.25) is 0 Å². The fourth-order valence-corrected chi connectivity index (χ4v) is 2.98. The van der Waals surface area contributed by atoms with Crippen LogP contribution < -0.4 is 0 Å². The highest BCUT2D eigenvalue weighted by Crippen LogP contribution is 2.27. The molecule has 3 heterocycles. The lowest BCUT2D eigenvalue weighted by atomic mass is 9.86. The van der Waals surface area contributed by atoms with E-state index in [9.17, 15) is 0 Å². The Morgan fingerprint density at radius 2 is 1.88 bits per heavy atom. The van der Waals surface area contributed by atoms with Crippen LogP contribution in [0.3, 0.4) is 0 Å². The molecule has 0 amide bonds. The fraction of sp³-hybridized carbons (Fsp3) is 0.533. The maximum atomic E-state index is 4.96. The number of benzene rings is 1. The lowest BCUT2D eigenvalue weighted by Crippen LogP contribution is -2.48. The number of hydrogen-bond donors (Lipinski definition) is 0. The third kappa shape index (κ3) is 2.27. The quantitative estimate of drug-likeness (QED) is 0.760. The molecule has 0 unspecified atom stereocenters. The second kappa shape index (κ2) is 4.61. The largest absolute Gasteiger partial charge is 0.298 e. The monoisotopic (exact) mass is 228 g/mol. The summed E-state index contributed by atoms with van der Waals surface area (Å²) in [6.45, 7) is 5.88. The first-order valence-corrected chi connectivity index (χ1v) is 6.67. The molecule has 2 bridgehead atoms. The molecule has 4 rings (SSSR count). The van der Waals surface area contributed by atoms with Crippen molar-refractivity contribution in [2.75, 3.05) is 19.6 Å². The third-order valence-electron chi connectivity index (χ3n) is 4.09. The van der Waals surface area contributed by atoms with Gasteiger partial charge in [0.25, 0.3) is 0 Å². The number of nitrogens with zero attached hydrogens (tertiary/aromatic N) is 2. The van der Waals surface area contributed by atoms with Gasteiger partial charge in [-0.2, -0.15) is 0 Å². The number of aliphatic imine (C=N–C) groups is 1. The van der Waals surface area contributed by atoms with Gasteiger partial charge in [0.2, 0.25) is 0 Å². The fourth-order valence-electron chi connectivity index (χ4n) is 2.98. The highest BCUT2D eigenvalue weighted by molar-refractivity contribution is 5.90. The Bertz CT molecular complexity index is 402. The molecule has 0 radical (unpaired) electrons. The molecule has 0 aromatic heterocycles. The van der Waals surface area contributed by atoms with Crippen LogP contribution in [0.15, 0.2) is 35.3 Å². The summed E-state index contributed by atoms with van der Waals surface area (Å²) in [7, 11) is 0. The lowest BCUT2D eigenvalue weighted by molar-refractivity contribution is 0.199. The van der Waals surface area contributed by atoms with Crippen molar-refractivity contribution in [3.05, 3.63) is 35.9 Å². The van der Waals surface area contributed by atoms with Gasteiger partial charge in [0, 0.05) is 18.2 Å². The zero-order valence-electron chi connectivity index (χ0n) is 10.5. The highest BCUT2D eigenvalue weighted by atomic mass is 15.2. The van der Waals surface area contributed by atoms with Gasteiger partial charge in [-0.3, -0.25) is 9.89 Å². The van der Waals surface area contributed by atoms with E-state index in [1.54, 1.807) is 0 Å². The maximum absolute atomic E-state index is 4.96. The smallest absolute Gasteiger partial charge is 0.0720 e. The molecule has 0 spiro atoms. The number of rotatable bonds is 2. The van der Waals surface area contributed by atoms with E-state index in [0.29, 0.717) is 6.04 Å². The van der Waals surface area contributed by atoms with E-state index in [2.05, 4.69) is 42.2 Å². The molecule has 0 N–H and O–H groups in total. The average Bonchev–Trinajstić information content (AvgIpc) is 2.41. The van der Waals surface area contributed by atoms with Gasteiger partial charge in [-0.15, -0.1) is 0 Å². The van der Waals surface area contributed by atoms with Crippen LogP contribution in [0.25, 0.3) is 0 Å². The molecule has 90 valence electrons. The Kier molecular flexibility index (Phi) is 2.98. The van der Waals surface area contributed by atoms with E-state index < -0.39 is 0 Å². The van der Waals surface area contributed by atoms with E-state index in [4.69, 9.17) is 4.99 Å². The van der Waals surface area contributed by atoms with Crippen LogP contribution >= 0.6 is 0 Å². The molecule has 3 aliphatic rings. The third-order valence-corrected chi connectivity index (χ3v) is 4.09. The summed E-state index contributed by atoms with van der Waals surface area (Å²) >= 11 is 0. The van der Waals surface area contributed by atoms with Crippen LogP contribution in [0.5, 0.6) is 0 Å². The minimum Gasteiger partial charge on any atom is -0.298 e. The predicted octanol–water partition coefficient (Wildman–Crippen LogP) is 2.91. The molecule has 0 aliphatic carbocycles. The Balaban J connectivity index is 1.78. The van der Waals surface area contributed by atoms with Gasteiger partial charge in [-0.1, -0.05) is 30.3 Å². The lowest BCUT2D eigenvalue weighted by Gasteiger charge is -2.40. The maximum Gasteiger partial charge on any atom is 0.0720 e. The van der Waals surface area contributed by atoms with Gasteiger partial charge in [-0.25, -0.2) is 0 Å². The number of piperidine rings is 3. The minimum absolute atomic E-state index is 0.312. The Labute approximate surface area is 103 Å².